The molecule has 1 aliphatic carbocycles. The number of rotatable bonds is 4. The average Bonchev–Trinajstić information content (AvgIpc) is 3.06. The van der Waals surface area contributed by atoms with Gasteiger partial charge in [-0.05, 0) is 39.2 Å². The van der Waals surface area contributed by atoms with Gasteiger partial charge in [0, 0.05) is 24.0 Å². The molecule has 118 valence electrons. The zero-order valence-corrected chi connectivity index (χ0v) is 12.8. The van der Waals surface area contributed by atoms with Crippen molar-refractivity contribution >= 4 is 11.9 Å². The van der Waals surface area contributed by atoms with Crippen molar-refractivity contribution in [1.82, 2.24) is 10.2 Å². The maximum absolute atomic E-state index is 12.8. The van der Waals surface area contributed by atoms with Crippen LogP contribution in [-0.2, 0) is 9.59 Å². The van der Waals surface area contributed by atoms with Crippen molar-refractivity contribution < 1.29 is 14.7 Å². The quantitative estimate of drug-likeness (QED) is 0.829. The topological polar surface area (TPSA) is 69.6 Å². The summed E-state index contributed by atoms with van der Waals surface area (Å²) in [5, 5.41) is 12.7. The molecule has 3 fully saturated rings. The van der Waals surface area contributed by atoms with E-state index in [0.717, 1.165) is 25.7 Å². The minimum atomic E-state index is -0.735. The summed E-state index contributed by atoms with van der Waals surface area (Å²) in [7, 11) is 1.96. The molecule has 3 rings (SSSR count). The summed E-state index contributed by atoms with van der Waals surface area (Å²) in [6, 6.07) is 0.110. The molecule has 2 bridgehead atoms. The number of hydrogen-bond acceptors (Lipinski definition) is 3. The summed E-state index contributed by atoms with van der Waals surface area (Å²) in [5.74, 6) is -0.909. The highest BCUT2D eigenvalue weighted by Gasteiger charge is 2.52. The van der Waals surface area contributed by atoms with Crippen LogP contribution >= 0.6 is 0 Å². The molecule has 0 radical (unpaired) electrons. The largest absolute Gasteiger partial charge is 0.481 e. The van der Waals surface area contributed by atoms with Gasteiger partial charge in [-0.2, -0.15) is 0 Å². The van der Waals surface area contributed by atoms with Gasteiger partial charge in [-0.1, -0.05) is 19.3 Å². The Morgan fingerprint density at radius 1 is 1.24 bits per heavy atom. The Bertz CT molecular complexity index is 431. The lowest BCUT2D eigenvalue weighted by Crippen LogP contribution is -2.50. The smallest absolute Gasteiger partial charge is 0.308 e. The summed E-state index contributed by atoms with van der Waals surface area (Å²) in [4.78, 5) is 26.0. The van der Waals surface area contributed by atoms with Gasteiger partial charge in [0.05, 0.1) is 5.92 Å². The lowest BCUT2D eigenvalue weighted by molar-refractivity contribution is -0.143. The maximum Gasteiger partial charge on any atom is 0.308 e. The van der Waals surface area contributed by atoms with Crippen molar-refractivity contribution in [2.75, 3.05) is 7.05 Å². The number of aliphatic carboxylic acids is 1. The van der Waals surface area contributed by atoms with Crippen LogP contribution in [0.15, 0.2) is 0 Å². The highest BCUT2D eigenvalue weighted by Crippen LogP contribution is 2.43. The number of hydrogen-bond donors (Lipinski definition) is 2. The molecule has 21 heavy (non-hydrogen) atoms. The normalized spacial score (nSPS) is 34.1. The van der Waals surface area contributed by atoms with Gasteiger partial charge in [-0.15, -0.1) is 0 Å². The first-order valence-electron chi connectivity index (χ1n) is 8.29. The van der Waals surface area contributed by atoms with Gasteiger partial charge in [0.25, 0.3) is 0 Å². The second kappa shape index (κ2) is 5.59. The molecule has 2 N–H and O–H groups in total. The molecule has 0 spiro atoms. The van der Waals surface area contributed by atoms with Crippen LogP contribution < -0.4 is 5.32 Å². The summed E-state index contributed by atoms with van der Waals surface area (Å²) >= 11 is 0. The fourth-order valence-electron chi connectivity index (χ4n) is 4.77. The van der Waals surface area contributed by atoms with Crippen LogP contribution in [-0.4, -0.2) is 46.6 Å². The first-order chi connectivity index (χ1) is 10.1. The van der Waals surface area contributed by atoms with E-state index in [1.54, 1.807) is 0 Å². The van der Waals surface area contributed by atoms with E-state index in [-0.39, 0.29) is 29.4 Å². The number of carboxylic acid groups (broad SMARTS) is 1. The third-order valence-electron chi connectivity index (χ3n) is 5.97. The predicted molar refractivity (Wildman–Crippen MR) is 78.9 cm³/mol. The Kier molecular flexibility index (Phi) is 3.95. The number of carboxylic acids is 1. The van der Waals surface area contributed by atoms with Crippen LogP contribution in [0.1, 0.15) is 57.8 Å². The first kappa shape index (κ1) is 14.8. The number of carbonyl (C=O) groups excluding carboxylic acids is 1. The van der Waals surface area contributed by atoms with Gasteiger partial charge >= 0.3 is 5.97 Å². The van der Waals surface area contributed by atoms with Gasteiger partial charge in [-0.3, -0.25) is 9.59 Å². The highest BCUT2D eigenvalue weighted by molar-refractivity contribution is 5.81. The SMILES string of the molecule is CNC1(CC(=O)N2C3CCC2C(C(=O)O)C3)CCCCC1. The van der Waals surface area contributed by atoms with E-state index < -0.39 is 5.97 Å². The van der Waals surface area contributed by atoms with Crippen molar-refractivity contribution in [3.05, 3.63) is 0 Å². The minimum absolute atomic E-state index is 0.0579. The third kappa shape index (κ3) is 2.56. The molecule has 2 saturated heterocycles. The zero-order valence-electron chi connectivity index (χ0n) is 12.8. The summed E-state index contributed by atoms with van der Waals surface area (Å²) in [5.41, 5.74) is -0.0594. The van der Waals surface area contributed by atoms with Crippen molar-refractivity contribution in [2.45, 2.75) is 75.4 Å². The van der Waals surface area contributed by atoms with Gasteiger partial charge in [-0.25, -0.2) is 0 Å². The molecule has 2 heterocycles. The summed E-state index contributed by atoms with van der Waals surface area (Å²) in [6.45, 7) is 0. The molecule has 5 heteroatoms. The van der Waals surface area contributed by atoms with E-state index >= 15 is 0 Å². The molecule has 1 amide bonds. The van der Waals surface area contributed by atoms with Crippen molar-refractivity contribution in [1.29, 1.82) is 0 Å². The standard InChI is InChI=1S/C16H26N2O3/c1-17-16(7-3-2-4-8-16)10-14(19)18-11-5-6-13(18)12(9-11)15(20)21/h11-13,17H,2-10H2,1H3,(H,20,21). The first-order valence-corrected chi connectivity index (χ1v) is 8.29. The molecular formula is C16H26N2O3. The van der Waals surface area contributed by atoms with Crippen LogP contribution in [0.2, 0.25) is 0 Å². The molecule has 0 aromatic rings. The Hall–Kier alpha value is -1.10. The molecule has 5 nitrogen and oxygen atoms in total. The maximum atomic E-state index is 12.8. The summed E-state index contributed by atoms with van der Waals surface area (Å²) < 4.78 is 0. The number of amides is 1. The number of fused-ring (bicyclic) bond motifs is 2. The van der Waals surface area contributed by atoms with Crippen molar-refractivity contribution in [3.63, 3.8) is 0 Å². The second-order valence-electron chi connectivity index (χ2n) is 7.05. The van der Waals surface area contributed by atoms with E-state index in [9.17, 15) is 14.7 Å². The highest BCUT2D eigenvalue weighted by atomic mass is 16.4. The van der Waals surface area contributed by atoms with Crippen molar-refractivity contribution in [2.24, 2.45) is 5.92 Å². The Morgan fingerprint density at radius 3 is 2.52 bits per heavy atom. The van der Waals surface area contributed by atoms with E-state index in [0.29, 0.717) is 12.8 Å². The van der Waals surface area contributed by atoms with E-state index in [2.05, 4.69) is 5.32 Å². The monoisotopic (exact) mass is 294 g/mol. The Labute approximate surface area is 126 Å². The molecule has 3 unspecified atom stereocenters. The Morgan fingerprint density at radius 2 is 1.95 bits per heavy atom. The molecule has 1 saturated carbocycles. The lowest BCUT2D eigenvalue weighted by atomic mass is 9.79. The predicted octanol–water partition coefficient (Wildman–Crippen LogP) is 1.76. The molecular weight excluding hydrogens is 268 g/mol. The molecule has 2 aliphatic heterocycles. The van der Waals surface area contributed by atoms with Crippen molar-refractivity contribution in [3.8, 4) is 0 Å². The lowest BCUT2D eigenvalue weighted by Gasteiger charge is -2.38. The second-order valence-corrected chi connectivity index (χ2v) is 7.05. The van der Waals surface area contributed by atoms with Crippen LogP contribution in [0.4, 0.5) is 0 Å². The van der Waals surface area contributed by atoms with Crippen LogP contribution in [0.25, 0.3) is 0 Å². The average molecular weight is 294 g/mol. The molecule has 3 atom stereocenters. The van der Waals surface area contributed by atoms with Crippen LogP contribution in [0, 0.1) is 5.92 Å². The van der Waals surface area contributed by atoms with Crippen LogP contribution in [0.5, 0.6) is 0 Å². The Balaban J connectivity index is 1.70. The minimum Gasteiger partial charge on any atom is -0.481 e. The van der Waals surface area contributed by atoms with Gasteiger partial charge < -0.3 is 15.3 Å². The zero-order chi connectivity index (χ0) is 15.0. The van der Waals surface area contributed by atoms with Gasteiger partial charge in [0.1, 0.15) is 0 Å². The fraction of sp³-hybridized carbons (Fsp3) is 0.875. The molecule has 0 aromatic carbocycles. The van der Waals surface area contributed by atoms with Crippen LogP contribution in [0.3, 0.4) is 0 Å². The molecule has 3 aliphatic rings. The number of nitrogens with one attached hydrogen (secondary N) is 1. The van der Waals surface area contributed by atoms with E-state index in [4.69, 9.17) is 0 Å². The van der Waals surface area contributed by atoms with Gasteiger partial charge in [0.15, 0.2) is 0 Å². The number of carbonyl (C=O) groups is 2. The summed E-state index contributed by atoms with van der Waals surface area (Å²) in [6.07, 6.45) is 8.75. The number of nitrogens with zero attached hydrogens (tertiary/aromatic N) is 1. The van der Waals surface area contributed by atoms with E-state index in [1.807, 2.05) is 11.9 Å². The third-order valence-corrected chi connectivity index (χ3v) is 5.97. The molecule has 0 aromatic heterocycles. The fourth-order valence-corrected chi connectivity index (χ4v) is 4.77. The van der Waals surface area contributed by atoms with E-state index in [1.165, 1.54) is 19.3 Å². The van der Waals surface area contributed by atoms with Gasteiger partial charge in [0.2, 0.25) is 5.91 Å².